The summed E-state index contributed by atoms with van der Waals surface area (Å²) in [7, 11) is 0. The highest BCUT2D eigenvalue weighted by molar-refractivity contribution is 5.87. The van der Waals surface area contributed by atoms with Gasteiger partial charge < -0.3 is 30.2 Å². The predicted octanol–water partition coefficient (Wildman–Crippen LogP) is 7.11. The Labute approximate surface area is 285 Å². The largest absolute Gasteiger partial charge is 0.506 e. The third-order valence-corrected chi connectivity index (χ3v) is 9.81. The van der Waals surface area contributed by atoms with Crippen LogP contribution in [0.1, 0.15) is 87.1 Å². The molecule has 1 aliphatic rings. The van der Waals surface area contributed by atoms with Gasteiger partial charge in [0.2, 0.25) is 0 Å². The average molecular weight is 672 g/mol. The van der Waals surface area contributed by atoms with E-state index in [9.17, 15) is 34.8 Å². The minimum absolute atomic E-state index is 0.0521. The maximum absolute atomic E-state index is 13.5. The number of pyridine rings is 1. The number of nitrogens with zero attached hydrogens (tertiary/aromatic N) is 5. The number of phenols is 1. The van der Waals surface area contributed by atoms with Crippen molar-refractivity contribution in [1.82, 2.24) is 24.6 Å². The Hall–Kier alpha value is -3.80. The molecule has 48 heavy (non-hydrogen) atoms. The first-order valence-corrected chi connectivity index (χ1v) is 16.9. The molecule has 1 aromatic heterocycles. The Morgan fingerprint density at radius 3 is 1.83 bits per heavy atom. The molecule has 3 rings (SSSR count). The quantitative estimate of drug-likeness (QED) is 0.261. The molecule has 0 spiro atoms. The van der Waals surface area contributed by atoms with Crippen molar-refractivity contribution < 1.29 is 34.8 Å². The van der Waals surface area contributed by atoms with Gasteiger partial charge >= 0.3 is 18.3 Å². The summed E-state index contributed by atoms with van der Waals surface area (Å²) in [6, 6.07) is 6.43. The lowest BCUT2D eigenvalue weighted by Gasteiger charge is -2.66. The summed E-state index contributed by atoms with van der Waals surface area (Å²) < 4.78 is 0. The molecule has 0 bridgehead atoms. The summed E-state index contributed by atoms with van der Waals surface area (Å²) in [4.78, 5) is 49.8. The molecule has 3 amide bonds. The molecular formula is C36H57N5O7. The zero-order valence-corrected chi connectivity index (χ0v) is 30.3. The molecule has 1 unspecified atom stereocenters. The first-order chi connectivity index (χ1) is 22.1. The minimum atomic E-state index is -1.21. The molecule has 1 atom stereocenters. The molecule has 0 radical (unpaired) electrons. The Balaban J connectivity index is 2.20. The van der Waals surface area contributed by atoms with Gasteiger partial charge in [-0.25, -0.2) is 14.4 Å². The van der Waals surface area contributed by atoms with E-state index in [4.69, 9.17) is 0 Å². The van der Waals surface area contributed by atoms with Gasteiger partial charge in [-0.2, -0.15) is 0 Å². The summed E-state index contributed by atoms with van der Waals surface area (Å²) >= 11 is 0. The topological polar surface area (TPSA) is 158 Å². The van der Waals surface area contributed by atoms with Crippen LogP contribution in [0.25, 0.3) is 10.9 Å². The van der Waals surface area contributed by atoms with E-state index in [1.165, 1.54) is 14.7 Å². The van der Waals surface area contributed by atoms with Crippen molar-refractivity contribution >= 4 is 29.2 Å². The number of aromatic hydroxyl groups is 1. The normalized spacial score (nSPS) is 19.9. The fourth-order valence-electron chi connectivity index (χ4n) is 8.52. The molecular weight excluding hydrogens is 614 g/mol. The van der Waals surface area contributed by atoms with E-state index < -0.39 is 46.1 Å². The van der Waals surface area contributed by atoms with E-state index in [0.29, 0.717) is 38.0 Å². The maximum atomic E-state index is 13.5. The second kappa shape index (κ2) is 14.8. The average Bonchev–Trinajstić information content (AvgIpc) is 2.95. The van der Waals surface area contributed by atoms with Crippen molar-refractivity contribution in [3.8, 4) is 5.75 Å². The molecule has 268 valence electrons. The van der Waals surface area contributed by atoms with E-state index in [2.05, 4.69) is 9.88 Å². The van der Waals surface area contributed by atoms with E-state index >= 15 is 0 Å². The highest BCUT2D eigenvalue weighted by atomic mass is 16.4. The fourth-order valence-corrected chi connectivity index (χ4v) is 8.52. The SMILES string of the molecule is CC(C)(C)C1N(C(=O)O)CCCN(C(=O)O)CCCN(Cc2ccc(O)c3ncccc23)CCCN(C(=O)O)C1(C(C)(C)C)C(C)(C)C. The van der Waals surface area contributed by atoms with Crippen LogP contribution in [0.5, 0.6) is 5.75 Å². The highest BCUT2D eigenvalue weighted by Gasteiger charge is 2.65. The van der Waals surface area contributed by atoms with Gasteiger partial charge in [-0.3, -0.25) is 14.8 Å². The summed E-state index contributed by atoms with van der Waals surface area (Å²) in [5.41, 5.74) is -1.92. The van der Waals surface area contributed by atoms with Crippen LogP contribution in [-0.4, -0.2) is 114 Å². The van der Waals surface area contributed by atoms with Crippen molar-refractivity contribution in [1.29, 1.82) is 0 Å². The second-order valence-corrected chi connectivity index (χ2v) is 16.2. The van der Waals surface area contributed by atoms with Gasteiger partial charge in [0.15, 0.2) is 0 Å². The molecule has 1 fully saturated rings. The Morgan fingerprint density at radius 2 is 1.33 bits per heavy atom. The summed E-state index contributed by atoms with van der Waals surface area (Å²) in [6.45, 7) is 20.0. The zero-order chi connectivity index (χ0) is 36.2. The van der Waals surface area contributed by atoms with E-state index in [-0.39, 0.29) is 38.3 Å². The minimum Gasteiger partial charge on any atom is -0.506 e. The van der Waals surface area contributed by atoms with Crippen molar-refractivity contribution in [3.63, 3.8) is 0 Å². The molecule has 2 heterocycles. The van der Waals surface area contributed by atoms with E-state index in [1.807, 2.05) is 80.5 Å². The first-order valence-electron chi connectivity index (χ1n) is 16.9. The van der Waals surface area contributed by atoms with Crippen LogP contribution in [0, 0.1) is 16.2 Å². The second-order valence-electron chi connectivity index (χ2n) is 16.2. The van der Waals surface area contributed by atoms with Gasteiger partial charge in [-0.05, 0) is 53.2 Å². The van der Waals surface area contributed by atoms with Gasteiger partial charge in [0.05, 0.1) is 11.6 Å². The Bertz CT molecular complexity index is 1430. The Kier molecular flexibility index (Phi) is 11.9. The van der Waals surface area contributed by atoms with Crippen LogP contribution in [0.3, 0.4) is 0 Å². The lowest BCUT2D eigenvalue weighted by Crippen LogP contribution is -2.78. The van der Waals surface area contributed by atoms with Gasteiger partial charge in [-0.15, -0.1) is 0 Å². The predicted molar refractivity (Wildman–Crippen MR) is 186 cm³/mol. The number of rotatable bonds is 2. The standard InChI is InChI=1S/C36H57N5O7/c1-33(2,3)29-36(34(4,5)6,35(7,8)9)41(32(47)48)23-12-19-38(24-25-15-16-27(42)28-26(25)14-10-17-37-28)18-11-20-39(30(43)44)21-13-22-40(29)31(45)46/h10,14-17,29,42H,11-13,18-24H2,1-9H3,(H,43,44)(H,45,46)(H,47,48). The summed E-state index contributed by atoms with van der Waals surface area (Å²) in [5.74, 6) is 0.0881. The molecule has 4 N–H and O–H groups in total. The van der Waals surface area contributed by atoms with Crippen molar-refractivity contribution in [3.05, 3.63) is 36.0 Å². The van der Waals surface area contributed by atoms with Gasteiger partial charge in [0, 0.05) is 57.4 Å². The molecule has 12 heteroatoms. The van der Waals surface area contributed by atoms with Crippen LogP contribution in [0.2, 0.25) is 0 Å². The van der Waals surface area contributed by atoms with E-state index in [0.717, 1.165) is 10.9 Å². The van der Waals surface area contributed by atoms with Crippen LogP contribution < -0.4 is 0 Å². The maximum Gasteiger partial charge on any atom is 0.407 e. The van der Waals surface area contributed by atoms with Gasteiger partial charge in [0.25, 0.3) is 0 Å². The molecule has 1 saturated heterocycles. The number of carboxylic acid groups (broad SMARTS) is 3. The molecule has 2 aromatic rings. The lowest BCUT2D eigenvalue weighted by atomic mass is 9.51. The lowest BCUT2D eigenvalue weighted by molar-refractivity contribution is -0.148. The molecule has 0 aliphatic carbocycles. The number of hydrogen-bond acceptors (Lipinski definition) is 6. The first kappa shape index (κ1) is 38.6. The molecule has 12 nitrogen and oxygen atoms in total. The van der Waals surface area contributed by atoms with E-state index in [1.54, 1.807) is 12.3 Å². The van der Waals surface area contributed by atoms with Crippen LogP contribution in [0.4, 0.5) is 14.4 Å². The summed E-state index contributed by atoms with van der Waals surface area (Å²) in [6.07, 6.45) is -0.449. The number of phenolic OH excluding ortho intramolecular Hbond substituents is 1. The van der Waals surface area contributed by atoms with Crippen molar-refractivity contribution in [2.24, 2.45) is 16.2 Å². The van der Waals surface area contributed by atoms with Crippen molar-refractivity contribution in [2.45, 2.75) is 99.7 Å². The number of benzene rings is 1. The zero-order valence-electron chi connectivity index (χ0n) is 30.3. The van der Waals surface area contributed by atoms with Crippen LogP contribution in [-0.2, 0) is 6.54 Å². The molecule has 0 saturated carbocycles. The van der Waals surface area contributed by atoms with Gasteiger partial charge in [0.1, 0.15) is 11.3 Å². The van der Waals surface area contributed by atoms with Crippen molar-refractivity contribution in [2.75, 3.05) is 39.3 Å². The highest BCUT2D eigenvalue weighted by Crippen LogP contribution is 2.56. The third kappa shape index (κ3) is 8.07. The number of aromatic nitrogens is 1. The Morgan fingerprint density at radius 1 is 0.771 bits per heavy atom. The number of hydrogen-bond donors (Lipinski definition) is 4. The van der Waals surface area contributed by atoms with Crippen LogP contribution >= 0.6 is 0 Å². The molecule has 1 aliphatic heterocycles. The third-order valence-electron chi connectivity index (χ3n) is 9.81. The van der Waals surface area contributed by atoms with Gasteiger partial charge in [-0.1, -0.05) is 74.4 Å². The summed E-state index contributed by atoms with van der Waals surface area (Å²) in [5, 5.41) is 43.1. The number of carbonyl (C=O) groups is 3. The number of fused-ring (bicyclic) bond motifs is 1. The monoisotopic (exact) mass is 671 g/mol. The number of amides is 3. The smallest absolute Gasteiger partial charge is 0.407 e. The van der Waals surface area contributed by atoms with Crippen LogP contribution in [0.15, 0.2) is 30.5 Å². The fraction of sp³-hybridized carbons (Fsp3) is 0.667. The molecule has 1 aromatic carbocycles.